The van der Waals surface area contributed by atoms with E-state index in [9.17, 15) is 4.79 Å². The largest absolute Gasteiger partial charge is 0.358 e. The van der Waals surface area contributed by atoms with Crippen molar-refractivity contribution in [1.82, 2.24) is 20.3 Å². The summed E-state index contributed by atoms with van der Waals surface area (Å²) in [5.74, 6) is 0.408. The number of hydrogen-bond donors (Lipinski definition) is 1. The van der Waals surface area contributed by atoms with Crippen LogP contribution in [-0.4, -0.2) is 40.1 Å². The summed E-state index contributed by atoms with van der Waals surface area (Å²) in [6, 6.07) is 0. The van der Waals surface area contributed by atoms with Crippen molar-refractivity contribution in [3.05, 3.63) is 36.7 Å². The van der Waals surface area contributed by atoms with Crippen molar-refractivity contribution in [2.45, 2.75) is 12.5 Å². The lowest BCUT2D eigenvalue weighted by Gasteiger charge is -2.24. The molecule has 1 amide bonds. The van der Waals surface area contributed by atoms with Gasteiger partial charge in [-0.15, -0.1) is 0 Å². The number of carbonyl (C=O) groups excluding carboxylic acids is 1. The van der Waals surface area contributed by atoms with Crippen molar-refractivity contribution in [1.29, 1.82) is 0 Å². The minimum atomic E-state index is -0.544. The molecule has 7 nitrogen and oxygen atoms in total. The van der Waals surface area contributed by atoms with Crippen molar-refractivity contribution < 1.29 is 9.53 Å². The van der Waals surface area contributed by atoms with Crippen LogP contribution in [0.15, 0.2) is 36.7 Å². The Balaban J connectivity index is 1.76. The van der Waals surface area contributed by atoms with Crippen LogP contribution in [0.1, 0.15) is 6.42 Å². The number of hydrogen-bond acceptors (Lipinski definition) is 6. The van der Waals surface area contributed by atoms with Gasteiger partial charge in [0.1, 0.15) is 12.7 Å². The molecule has 1 fully saturated rings. The predicted octanol–water partition coefficient (Wildman–Crippen LogP) is -0.00570. The Morgan fingerprint density at radius 3 is 2.95 bits per heavy atom. The molecule has 0 aromatic carbocycles. The highest BCUT2D eigenvalue weighted by atomic mass is 16.5. The van der Waals surface area contributed by atoms with Gasteiger partial charge in [0.15, 0.2) is 6.10 Å². The van der Waals surface area contributed by atoms with E-state index >= 15 is 0 Å². The average molecular weight is 259 g/mol. The average Bonchev–Trinajstić information content (AvgIpc) is 2.89. The minimum absolute atomic E-state index is 0.167. The fraction of sp³-hybridized carbons (Fsp3) is 0.333. The molecular formula is C12H13N5O2. The third-order valence-electron chi connectivity index (χ3n) is 3.00. The lowest BCUT2D eigenvalue weighted by atomic mass is 10.1. The first-order valence-corrected chi connectivity index (χ1v) is 5.93. The summed E-state index contributed by atoms with van der Waals surface area (Å²) in [7, 11) is 0. The van der Waals surface area contributed by atoms with Gasteiger partial charge in [-0.3, -0.25) is 4.79 Å². The normalized spacial score (nSPS) is 23.3. The zero-order valence-electron chi connectivity index (χ0n) is 10.2. The number of nitrogens with zero attached hydrogens (tertiary/aromatic N) is 4. The van der Waals surface area contributed by atoms with Gasteiger partial charge in [-0.25, -0.2) is 15.0 Å². The maximum atomic E-state index is 11.8. The molecule has 1 aromatic heterocycles. The Morgan fingerprint density at radius 1 is 1.42 bits per heavy atom. The molecule has 98 valence electrons. The Hall–Kier alpha value is -2.28. The van der Waals surface area contributed by atoms with E-state index in [1.165, 1.54) is 12.7 Å². The summed E-state index contributed by atoms with van der Waals surface area (Å²) < 4.78 is 5.51. The van der Waals surface area contributed by atoms with Crippen LogP contribution in [0.2, 0.25) is 0 Å². The fourth-order valence-electron chi connectivity index (χ4n) is 2.13. The van der Waals surface area contributed by atoms with Crippen LogP contribution in [0.5, 0.6) is 0 Å². The van der Waals surface area contributed by atoms with Crippen molar-refractivity contribution in [2.75, 3.05) is 18.1 Å². The Morgan fingerprint density at radius 2 is 2.21 bits per heavy atom. The summed E-state index contributed by atoms with van der Waals surface area (Å²) in [5.41, 5.74) is 1.51. The van der Waals surface area contributed by atoms with E-state index in [-0.39, 0.29) is 5.91 Å². The second kappa shape index (κ2) is 4.77. The van der Waals surface area contributed by atoms with Gasteiger partial charge >= 0.3 is 0 Å². The molecule has 0 aliphatic carbocycles. The number of ether oxygens (including phenoxy) is 1. The van der Waals surface area contributed by atoms with E-state index in [1.54, 1.807) is 0 Å². The van der Waals surface area contributed by atoms with Crippen LogP contribution in [0.4, 0.5) is 5.95 Å². The first kappa shape index (κ1) is 11.8. The van der Waals surface area contributed by atoms with Crippen molar-refractivity contribution >= 4 is 11.9 Å². The summed E-state index contributed by atoms with van der Waals surface area (Å²) >= 11 is 0. The van der Waals surface area contributed by atoms with Crippen LogP contribution in [0.25, 0.3) is 0 Å². The standard InChI is InChI=1S/C12H13N5O2/c1-8-5-19-10(11(18)16-8)9-2-3-17(4-9)12-14-6-13-7-15-12/h4,6-7,10H,1-3,5H2,(H,16,18). The van der Waals surface area contributed by atoms with Gasteiger partial charge in [-0.05, 0) is 12.0 Å². The van der Waals surface area contributed by atoms with Crippen LogP contribution >= 0.6 is 0 Å². The number of carbonyl (C=O) groups is 1. The molecular weight excluding hydrogens is 246 g/mol. The molecule has 0 bridgehead atoms. The molecule has 1 saturated heterocycles. The first-order valence-electron chi connectivity index (χ1n) is 5.93. The zero-order chi connectivity index (χ0) is 13.2. The molecule has 0 saturated carbocycles. The summed E-state index contributed by atoms with van der Waals surface area (Å²) in [5, 5.41) is 2.70. The molecule has 1 aromatic rings. The number of rotatable bonds is 2. The van der Waals surface area contributed by atoms with Gasteiger partial charge in [-0.1, -0.05) is 6.58 Å². The molecule has 3 heterocycles. The third-order valence-corrected chi connectivity index (χ3v) is 3.00. The maximum Gasteiger partial charge on any atom is 0.257 e. The number of amides is 1. The molecule has 0 spiro atoms. The third kappa shape index (κ3) is 2.32. The minimum Gasteiger partial charge on any atom is -0.358 e. The van der Waals surface area contributed by atoms with E-state index in [4.69, 9.17) is 4.74 Å². The smallest absolute Gasteiger partial charge is 0.257 e. The molecule has 1 N–H and O–H groups in total. The quantitative estimate of drug-likeness (QED) is 0.805. The molecule has 19 heavy (non-hydrogen) atoms. The van der Waals surface area contributed by atoms with Crippen LogP contribution in [-0.2, 0) is 9.53 Å². The lowest BCUT2D eigenvalue weighted by molar-refractivity contribution is -0.132. The SMILES string of the molecule is C=C1COC(C2=CN(c3ncncn3)CC2)C(=O)N1. The van der Waals surface area contributed by atoms with Crippen LogP contribution in [0, 0.1) is 0 Å². The number of morpholine rings is 1. The van der Waals surface area contributed by atoms with E-state index in [0.717, 1.165) is 18.5 Å². The Kier molecular flexibility index (Phi) is 2.96. The van der Waals surface area contributed by atoms with Gasteiger partial charge < -0.3 is 15.0 Å². The maximum absolute atomic E-state index is 11.8. The molecule has 2 aliphatic rings. The van der Waals surface area contributed by atoms with Crippen LogP contribution in [0.3, 0.4) is 0 Å². The van der Waals surface area contributed by atoms with Gasteiger partial charge in [-0.2, -0.15) is 0 Å². The number of nitrogens with one attached hydrogen (secondary N) is 1. The van der Waals surface area contributed by atoms with Gasteiger partial charge in [0.2, 0.25) is 5.95 Å². The topological polar surface area (TPSA) is 80.2 Å². The van der Waals surface area contributed by atoms with E-state index in [0.29, 0.717) is 18.3 Å². The molecule has 7 heteroatoms. The highest BCUT2D eigenvalue weighted by Crippen LogP contribution is 2.24. The molecule has 1 unspecified atom stereocenters. The Bertz CT molecular complexity index is 542. The Labute approximate surface area is 110 Å². The zero-order valence-corrected chi connectivity index (χ0v) is 10.2. The van der Waals surface area contributed by atoms with E-state index in [1.807, 2.05) is 11.1 Å². The summed E-state index contributed by atoms with van der Waals surface area (Å²) in [6.45, 7) is 4.75. The molecule has 2 aliphatic heterocycles. The van der Waals surface area contributed by atoms with Crippen molar-refractivity contribution in [3.8, 4) is 0 Å². The highest BCUT2D eigenvalue weighted by molar-refractivity contribution is 5.86. The molecule has 0 radical (unpaired) electrons. The number of aromatic nitrogens is 3. The lowest BCUT2D eigenvalue weighted by Crippen LogP contribution is -2.43. The van der Waals surface area contributed by atoms with Gasteiger partial charge in [0.05, 0.1) is 6.61 Å². The number of anilines is 1. The predicted molar refractivity (Wildman–Crippen MR) is 66.9 cm³/mol. The fourth-order valence-corrected chi connectivity index (χ4v) is 2.13. The van der Waals surface area contributed by atoms with E-state index in [2.05, 4.69) is 26.8 Å². The van der Waals surface area contributed by atoms with Gasteiger partial charge in [0, 0.05) is 18.4 Å². The second-order valence-corrected chi connectivity index (χ2v) is 4.37. The van der Waals surface area contributed by atoms with Crippen molar-refractivity contribution in [3.63, 3.8) is 0 Å². The summed E-state index contributed by atoms with van der Waals surface area (Å²) in [4.78, 5) is 25.7. The molecule has 1 atom stereocenters. The molecule has 3 rings (SSSR count). The van der Waals surface area contributed by atoms with Gasteiger partial charge in [0.25, 0.3) is 5.91 Å². The van der Waals surface area contributed by atoms with E-state index < -0.39 is 6.10 Å². The van der Waals surface area contributed by atoms with Crippen LogP contribution < -0.4 is 10.2 Å². The monoisotopic (exact) mass is 259 g/mol. The second-order valence-electron chi connectivity index (χ2n) is 4.37. The first-order chi connectivity index (χ1) is 9.24. The highest BCUT2D eigenvalue weighted by Gasteiger charge is 2.31. The van der Waals surface area contributed by atoms with Crippen molar-refractivity contribution in [2.24, 2.45) is 0 Å². The summed E-state index contributed by atoms with van der Waals surface area (Å²) in [6.07, 6.45) is 4.96.